The molecule has 0 fully saturated rings. The molecular formula is C11H17N3O. The van der Waals surface area contributed by atoms with Crippen LogP contribution < -0.4 is 5.32 Å². The molecule has 4 nitrogen and oxygen atoms in total. The number of methoxy groups -OCH3 is 1. The molecule has 0 spiro atoms. The Labute approximate surface area is 90.1 Å². The van der Waals surface area contributed by atoms with Crippen molar-refractivity contribution in [3.8, 4) is 0 Å². The SMILES string of the molecule is CCc1nc(C(C)OC)nc2c1CNC2. The number of hydrogen-bond acceptors (Lipinski definition) is 4. The molecule has 0 saturated carbocycles. The van der Waals surface area contributed by atoms with Crippen LogP contribution in [0.2, 0.25) is 0 Å². The van der Waals surface area contributed by atoms with Gasteiger partial charge in [0.15, 0.2) is 5.82 Å². The number of rotatable bonds is 3. The summed E-state index contributed by atoms with van der Waals surface area (Å²) in [5.41, 5.74) is 3.58. The van der Waals surface area contributed by atoms with Gasteiger partial charge in [0, 0.05) is 31.5 Å². The van der Waals surface area contributed by atoms with E-state index in [1.54, 1.807) is 7.11 Å². The van der Waals surface area contributed by atoms with Gasteiger partial charge >= 0.3 is 0 Å². The summed E-state index contributed by atoms with van der Waals surface area (Å²) in [5, 5.41) is 3.30. The van der Waals surface area contributed by atoms with Crippen LogP contribution in [0.3, 0.4) is 0 Å². The van der Waals surface area contributed by atoms with Crippen molar-refractivity contribution in [3.05, 3.63) is 22.8 Å². The Morgan fingerprint density at radius 1 is 1.40 bits per heavy atom. The highest BCUT2D eigenvalue weighted by Crippen LogP contribution is 2.20. The number of aryl methyl sites for hydroxylation is 1. The Morgan fingerprint density at radius 2 is 2.20 bits per heavy atom. The first-order valence-corrected chi connectivity index (χ1v) is 5.38. The summed E-state index contributed by atoms with van der Waals surface area (Å²) in [6, 6.07) is 0. The van der Waals surface area contributed by atoms with Gasteiger partial charge < -0.3 is 10.1 Å². The molecule has 1 aliphatic heterocycles. The number of nitrogens with zero attached hydrogens (tertiary/aromatic N) is 2. The maximum Gasteiger partial charge on any atom is 0.157 e. The normalized spacial score (nSPS) is 16.5. The molecule has 82 valence electrons. The first-order valence-electron chi connectivity index (χ1n) is 5.38. The third kappa shape index (κ3) is 1.87. The van der Waals surface area contributed by atoms with Crippen LogP contribution in [0.25, 0.3) is 0 Å². The first kappa shape index (κ1) is 10.5. The molecule has 1 unspecified atom stereocenters. The highest BCUT2D eigenvalue weighted by atomic mass is 16.5. The lowest BCUT2D eigenvalue weighted by Crippen LogP contribution is -2.09. The van der Waals surface area contributed by atoms with Crippen molar-refractivity contribution in [2.45, 2.75) is 39.5 Å². The Kier molecular flexibility index (Phi) is 2.98. The van der Waals surface area contributed by atoms with E-state index in [9.17, 15) is 0 Å². The van der Waals surface area contributed by atoms with E-state index in [-0.39, 0.29) is 6.10 Å². The largest absolute Gasteiger partial charge is 0.374 e. The molecule has 1 N–H and O–H groups in total. The van der Waals surface area contributed by atoms with Crippen LogP contribution >= 0.6 is 0 Å². The van der Waals surface area contributed by atoms with Gasteiger partial charge in [-0.3, -0.25) is 0 Å². The predicted molar refractivity (Wildman–Crippen MR) is 57.4 cm³/mol. The molecule has 0 amide bonds. The van der Waals surface area contributed by atoms with E-state index >= 15 is 0 Å². The van der Waals surface area contributed by atoms with Crippen molar-refractivity contribution in [1.29, 1.82) is 0 Å². The van der Waals surface area contributed by atoms with Gasteiger partial charge in [0.25, 0.3) is 0 Å². The van der Waals surface area contributed by atoms with E-state index in [2.05, 4.69) is 22.2 Å². The molecule has 1 aromatic heterocycles. The summed E-state index contributed by atoms with van der Waals surface area (Å²) >= 11 is 0. The monoisotopic (exact) mass is 207 g/mol. The molecular weight excluding hydrogens is 190 g/mol. The van der Waals surface area contributed by atoms with Crippen molar-refractivity contribution in [1.82, 2.24) is 15.3 Å². The Morgan fingerprint density at radius 3 is 2.87 bits per heavy atom. The Hall–Kier alpha value is -1.00. The Balaban J connectivity index is 2.43. The number of nitrogens with one attached hydrogen (secondary N) is 1. The van der Waals surface area contributed by atoms with Gasteiger partial charge in [0.2, 0.25) is 0 Å². The topological polar surface area (TPSA) is 47.0 Å². The second-order valence-electron chi connectivity index (χ2n) is 3.79. The summed E-state index contributed by atoms with van der Waals surface area (Å²) in [6.07, 6.45) is 0.928. The van der Waals surface area contributed by atoms with Gasteiger partial charge in [-0.15, -0.1) is 0 Å². The lowest BCUT2D eigenvalue weighted by Gasteiger charge is -2.12. The third-order valence-electron chi connectivity index (χ3n) is 2.84. The quantitative estimate of drug-likeness (QED) is 0.812. The van der Waals surface area contributed by atoms with E-state index in [0.29, 0.717) is 0 Å². The molecule has 0 saturated heterocycles. The second kappa shape index (κ2) is 4.24. The zero-order chi connectivity index (χ0) is 10.8. The molecule has 2 rings (SSSR count). The first-order chi connectivity index (χ1) is 7.26. The van der Waals surface area contributed by atoms with Gasteiger partial charge in [-0.05, 0) is 13.3 Å². The van der Waals surface area contributed by atoms with Crippen LogP contribution in [-0.2, 0) is 24.2 Å². The van der Waals surface area contributed by atoms with Crippen LogP contribution in [0.15, 0.2) is 0 Å². The van der Waals surface area contributed by atoms with E-state index < -0.39 is 0 Å². The zero-order valence-corrected chi connectivity index (χ0v) is 9.50. The van der Waals surface area contributed by atoms with Gasteiger partial charge in [-0.25, -0.2) is 9.97 Å². The fourth-order valence-corrected chi connectivity index (χ4v) is 1.84. The van der Waals surface area contributed by atoms with Crippen molar-refractivity contribution in [2.75, 3.05) is 7.11 Å². The average molecular weight is 207 g/mol. The molecule has 0 radical (unpaired) electrons. The van der Waals surface area contributed by atoms with Gasteiger partial charge in [-0.1, -0.05) is 6.92 Å². The standard InChI is InChI=1S/C11H17N3O/c1-4-9-8-5-12-6-10(8)14-11(13-9)7(2)15-3/h7,12H,4-6H2,1-3H3. The summed E-state index contributed by atoms with van der Waals surface area (Å²) in [6.45, 7) is 5.86. The lowest BCUT2D eigenvalue weighted by molar-refractivity contribution is 0.111. The summed E-state index contributed by atoms with van der Waals surface area (Å²) in [7, 11) is 1.69. The van der Waals surface area contributed by atoms with E-state index in [1.165, 1.54) is 5.56 Å². The summed E-state index contributed by atoms with van der Waals surface area (Å²) < 4.78 is 5.25. The molecule has 1 aliphatic rings. The van der Waals surface area contributed by atoms with Crippen molar-refractivity contribution < 1.29 is 4.74 Å². The number of ether oxygens (including phenoxy) is 1. The zero-order valence-electron chi connectivity index (χ0n) is 9.50. The number of fused-ring (bicyclic) bond motifs is 1. The van der Waals surface area contributed by atoms with E-state index in [4.69, 9.17) is 4.74 Å². The lowest BCUT2D eigenvalue weighted by atomic mass is 10.1. The maximum atomic E-state index is 5.25. The van der Waals surface area contributed by atoms with Gasteiger partial charge in [0.1, 0.15) is 6.10 Å². The van der Waals surface area contributed by atoms with Crippen LogP contribution in [0.4, 0.5) is 0 Å². The van der Waals surface area contributed by atoms with E-state index in [0.717, 1.165) is 36.7 Å². The fourth-order valence-electron chi connectivity index (χ4n) is 1.84. The molecule has 1 atom stereocenters. The summed E-state index contributed by atoms with van der Waals surface area (Å²) in [5.74, 6) is 0.803. The van der Waals surface area contributed by atoms with Crippen molar-refractivity contribution in [3.63, 3.8) is 0 Å². The molecule has 1 aromatic rings. The number of hydrogen-bond donors (Lipinski definition) is 1. The van der Waals surface area contributed by atoms with Crippen molar-refractivity contribution in [2.24, 2.45) is 0 Å². The predicted octanol–water partition coefficient (Wildman–Crippen LogP) is 1.35. The third-order valence-corrected chi connectivity index (χ3v) is 2.84. The highest BCUT2D eigenvalue weighted by Gasteiger charge is 2.19. The number of aromatic nitrogens is 2. The molecule has 0 aromatic carbocycles. The maximum absolute atomic E-state index is 5.25. The van der Waals surface area contributed by atoms with Crippen molar-refractivity contribution >= 4 is 0 Å². The fraction of sp³-hybridized carbons (Fsp3) is 0.636. The molecule has 0 aliphatic carbocycles. The van der Waals surface area contributed by atoms with Crippen LogP contribution in [0, 0.1) is 0 Å². The van der Waals surface area contributed by atoms with E-state index in [1.807, 2.05) is 6.92 Å². The minimum atomic E-state index is -0.0267. The minimum absolute atomic E-state index is 0.0267. The van der Waals surface area contributed by atoms with Crippen LogP contribution in [0.1, 0.15) is 42.7 Å². The molecule has 2 heterocycles. The molecule has 0 bridgehead atoms. The molecule has 4 heteroatoms. The minimum Gasteiger partial charge on any atom is -0.374 e. The molecule has 15 heavy (non-hydrogen) atoms. The smallest absolute Gasteiger partial charge is 0.157 e. The van der Waals surface area contributed by atoms with Gasteiger partial charge in [0.05, 0.1) is 5.69 Å². The van der Waals surface area contributed by atoms with Crippen LogP contribution in [-0.4, -0.2) is 17.1 Å². The summed E-state index contributed by atoms with van der Waals surface area (Å²) in [4.78, 5) is 9.09. The van der Waals surface area contributed by atoms with Crippen LogP contribution in [0.5, 0.6) is 0 Å². The Bertz CT molecular complexity index is 365. The highest BCUT2D eigenvalue weighted by molar-refractivity contribution is 5.29. The second-order valence-corrected chi connectivity index (χ2v) is 3.79. The van der Waals surface area contributed by atoms with Gasteiger partial charge in [-0.2, -0.15) is 0 Å². The average Bonchev–Trinajstić information content (AvgIpc) is 2.74.